The van der Waals surface area contributed by atoms with Gasteiger partial charge in [-0.1, -0.05) is 0 Å². The van der Waals surface area contributed by atoms with Crippen molar-refractivity contribution >= 4 is 17.6 Å². The van der Waals surface area contributed by atoms with Gasteiger partial charge in [-0.3, -0.25) is 0 Å². The van der Waals surface area contributed by atoms with E-state index in [0.29, 0.717) is 0 Å². The van der Waals surface area contributed by atoms with Crippen LogP contribution in [0.3, 0.4) is 0 Å². The highest BCUT2D eigenvalue weighted by Crippen LogP contribution is 2.33. The van der Waals surface area contributed by atoms with E-state index in [9.17, 15) is 45.3 Å². The Hall–Kier alpha value is -2.64. The first-order valence-electron chi connectivity index (χ1n) is 12.7. The maximum atomic E-state index is 13.0. The number of nitrogens with two attached hydrogens (primary N) is 1. The number of quaternary nitrogens is 1. The second-order valence-corrected chi connectivity index (χ2v) is 11.3. The van der Waals surface area contributed by atoms with Crippen molar-refractivity contribution in [2.24, 2.45) is 0 Å². The highest BCUT2D eigenvalue weighted by molar-refractivity contribution is 5.93. The topological polar surface area (TPSA) is 248 Å². The van der Waals surface area contributed by atoms with E-state index in [1.807, 2.05) is 0 Å². The minimum absolute atomic E-state index is 0.0251. The van der Waals surface area contributed by atoms with Crippen LogP contribution >= 0.6 is 0 Å². The first kappa shape index (κ1) is 32.9. The smallest absolute Gasteiger partial charge is 0.345 e. The summed E-state index contributed by atoms with van der Waals surface area (Å²) in [4.78, 5) is 25.6. The van der Waals surface area contributed by atoms with E-state index in [2.05, 4.69) is 0 Å². The molecule has 2 saturated heterocycles. The van der Waals surface area contributed by atoms with Crippen molar-refractivity contribution < 1.29 is 73.5 Å². The van der Waals surface area contributed by atoms with E-state index in [1.165, 1.54) is 26.0 Å². The molecule has 2 fully saturated rings. The molecule has 0 spiro atoms. The highest BCUT2D eigenvalue weighted by atomic mass is 16.8. The molecule has 41 heavy (non-hydrogen) atoms. The van der Waals surface area contributed by atoms with E-state index >= 15 is 0 Å². The number of anilines is 1. The molecular formula is C25H39N2O14+. The molecule has 0 saturated carbocycles. The Balaban J connectivity index is 1.79. The molecule has 232 valence electrons. The molecule has 9 N–H and O–H groups in total. The van der Waals surface area contributed by atoms with E-state index < -0.39 is 91.4 Å². The predicted octanol–water partition coefficient (Wildman–Crippen LogP) is -3.25. The molecular weight excluding hydrogens is 552 g/mol. The number of nitrogen functional groups attached to an aromatic ring is 1. The van der Waals surface area contributed by atoms with Crippen LogP contribution in [-0.4, -0.2) is 147 Å². The maximum absolute atomic E-state index is 13.0. The molecule has 16 heteroatoms. The standard InChI is InChI=1S/C25H38N2O14/c1-25(2,40-21(34)11-8-10(26)6-7-12(11)29)41-23(36)20-17(32)16(31)18(33)24(39-20)38-19-14(27(3,4)5)22(35)37-13(9-28)15(19)30/h6-8,13-20,22,24,28,30-33,35H,9,26H2,1-5H3/p+1. The van der Waals surface area contributed by atoms with Crippen molar-refractivity contribution in [2.45, 2.75) is 81.0 Å². The summed E-state index contributed by atoms with van der Waals surface area (Å²) in [6, 6.07) is 2.67. The third-order valence-corrected chi connectivity index (χ3v) is 6.75. The lowest BCUT2D eigenvalue weighted by atomic mass is 9.94. The summed E-state index contributed by atoms with van der Waals surface area (Å²) in [5.74, 6) is -4.84. The Bertz CT molecular complexity index is 1090. The number of rotatable bonds is 8. The van der Waals surface area contributed by atoms with Crippen molar-refractivity contribution in [3.05, 3.63) is 23.8 Å². The molecule has 16 nitrogen and oxygen atoms in total. The molecule has 1 aromatic rings. The number of benzene rings is 1. The Kier molecular flexibility index (Phi) is 9.86. The fourth-order valence-electron chi connectivity index (χ4n) is 4.68. The van der Waals surface area contributed by atoms with Crippen molar-refractivity contribution in [3.8, 4) is 5.75 Å². The maximum Gasteiger partial charge on any atom is 0.345 e. The number of aromatic hydroxyl groups is 1. The zero-order chi connectivity index (χ0) is 31.0. The van der Waals surface area contributed by atoms with Crippen LogP contribution in [0.1, 0.15) is 24.2 Å². The van der Waals surface area contributed by atoms with E-state index in [4.69, 9.17) is 29.4 Å². The second-order valence-electron chi connectivity index (χ2n) is 11.3. The lowest BCUT2D eigenvalue weighted by molar-refractivity contribution is -0.910. The minimum Gasteiger partial charge on any atom is -0.507 e. The van der Waals surface area contributed by atoms with Gasteiger partial charge in [0, 0.05) is 19.5 Å². The number of aliphatic hydroxyl groups is 6. The number of carbonyl (C=O) groups excluding carboxylic acids is 2. The Labute approximate surface area is 235 Å². The molecule has 0 radical (unpaired) electrons. The Morgan fingerprint density at radius 3 is 2.20 bits per heavy atom. The number of phenols is 1. The highest BCUT2D eigenvalue weighted by Gasteiger charge is 2.56. The summed E-state index contributed by atoms with van der Waals surface area (Å²) in [6.07, 6.45) is -15.5. The molecule has 10 unspecified atom stereocenters. The summed E-state index contributed by atoms with van der Waals surface area (Å²) in [7, 11) is 4.97. The summed E-state index contributed by atoms with van der Waals surface area (Å²) in [5.41, 5.74) is 5.49. The van der Waals surface area contributed by atoms with Gasteiger partial charge in [0.25, 0.3) is 5.79 Å². The van der Waals surface area contributed by atoms with Crippen LogP contribution in [0.25, 0.3) is 0 Å². The van der Waals surface area contributed by atoms with Gasteiger partial charge >= 0.3 is 11.9 Å². The van der Waals surface area contributed by atoms with Crippen molar-refractivity contribution in [2.75, 3.05) is 33.5 Å². The van der Waals surface area contributed by atoms with E-state index in [0.717, 1.165) is 6.07 Å². The van der Waals surface area contributed by atoms with Gasteiger partial charge in [-0.2, -0.15) is 0 Å². The fourth-order valence-corrected chi connectivity index (χ4v) is 4.68. The molecule has 2 aliphatic rings. The Morgan fingerprint density at radius 2 is 1.61 bits per heavy atom. The third kappa shape index (κ3) is 7.23. The van der Waals surface area contributed by atoms with Gasteiger partial charge in [0.1, 0.15) is 47.9 Å². The largest absolute Gasteiger partial charge is 0.507 e. The van der Waals surface area contributed by atoms with Gasteiger partial charge in [-0.15, -0.1) is 0 Å². The van der Waals surface area contributed by atoms with Crippen LogP contribution in [0.4, 0.5) is 5.69 Å². The molecule has 2 heterocycles. The molecule has 0 bridgehead atoms. The molecule has 2 aliphatic heterocycles. The summed E-state index contributed by atoms with van der Waals surface area (Å²) in [6.45, 7) is 1.68. The number of hydrogen-bond donors (Lipinski definition) is 8. The van der Waals surface area contributed by atoms with Crippen LogP contribution in [0.5, 0.6) is 5.75 Å². The lowest BCUT2D eigenvalue weighted by Crippen LogP contribution is -2.70. The van der Waals surface area contributed by atoms with Gasteiger partial charge in [-0.05, 0) is 18.2 Å². The monoisotopic (exact) mass is 591 g/mol. The average Bonchev–Trinajstić information content (AvgIpc) is 2.85. The first-order chi connectivity index (χ1) is 18.9. The lowest BCUT2D eigenvalue weighted by Gasteiger charge is -2.49. The van der Waals surface area contributed by atoms with Crippen molar-refractivity contribution in [1.82, 2.24) is 0 Å². The minimum atomic E-state index is -2.02. The SMILES string of the molecule is CC(C)(OC(=O)c1cc(N)ccc1O)OC(=O)C1OC(OC2C(O)C(CO)OC(O)C2[N+](C)(C)C)C(O)C(O)C1O. The van der Waals surface area contributed by atoms with E-state index in [-0.39, 0.29) is 15.7 Å². The van der Waals surface area contributed by atoms with Gasteiger partial charge < -0.3 is 69.6 Å². The zero-order valence-corrected chi connectivity index (χ0v) is 23.2. The molecule has 0 amide bonds. The van der Waals surface area contributed by atoms with Crippen molar-refractivity contribution in [3.63, 3.8) is 0 Å². The van der Waals surface area contributed by atoms with Gasteiger partial charge in [0.2, 0.25) is 6.29 Å². The number of hydrogen-bond acceptors (Lipinski definition) is 15. The normalized spacial score (nSPS) is 34.6. The molecule has 0 aromatic heterocycles. The quantitative estimate of drug-likeness (QED) is 0.0486. The number of phenolic OH excluding ortho intramolecular Hbond substituents is 1. The summed E-state index contributed by atoms with van der Waals surface area (Å²) in [5, 5.41) is 72.5. The number of carbonyl (C=O) groups is 2. The fraction of sp³-hybridized carbons (Fsp3) is 0.680. The van der Waals surface area contributed by atoms with Crippen LogP contribution < -0.4 is 5.73 Å². The van der Waals surface area contributed by atoms with Crippen LogP contribution in [0.2, 0.25) is 0 Å². The molecule has 3 rings (SSSR count). The van der Waals surface area contributed by atoms with Crippen LogP contribution in [0, 0.1) is 0 Å². The second kappa shape index (κ2) is 12.3. The van der Waals surface area contributed by atoms with Crippen LogP contribution in [-0.2, 0) is 28.5 Å². The number of esters is 2. The number of likely N-dealkylation sites (N-methyl/N-ethyl adjacent to an activating group) is 1. The summed E-state index contributed by atoms with van der Waals surface area (Å²) < 4.78 is 26.9. The zero-order valence-electron chi connectivity index (χ0n) is 23.2. The number of ether oxygens (including phenoxy) is 5. The van der Waals surface area contributed by atoms with Crippen LogP contribution in [0.15, 0.2) is 18.2 Å². The summed E-state index contributed by atoms with van der Waals surface area (Å²) >= 11 is 0. The van der Waals surface area contributed by atoms with Gasteiger partial charge in [0.15, 0.2) is 18.4 Å². The Morgan fingerprint density at radius 1 is 0.976 bits per heavy atom. The molecule has 0 aliphatic carbocycles. The number of nitrogens with zero attached hydrogens (tertiary/aromatic N) is 1. The van der Waals surface area contributed by atoms with E-state index in [1.54, 1.807) is 21.1 Å². The van der Waals surface area contributed by atoms with Crippen molar-refractivity contribution in [1.29, 1.82) is 0 Å². The first-order valence-corrected chi connectivity index (χ1v) is 12.7. The molecule has 10 atom stereocenters. The predicted molar refractivity (Wildman–Crippen MR) is 135 cm³/mol. The average molecular weight is 592 g/mol. The number of aliphatic hydroxyl groups excluding tert-OH is 6. The van der Waals surface area contributed by atoms with Gasteiger partial charge in [-0.25, -0.2) is 9.59 Å². The third-order valence-electron chi connectivity index (χ3n) is 6.75. The molecule has 1 aromatic carbocycles. The van der Waals surface area contributed by atoms with Gasteiger partial charge in [0.05, 0.1) is 27.7 Å².